The summed E-state index contributed by atoms with van der Waals surface area (Å²) in [6, 6.07) is 10.1. The van der Waals surface area contributed by atoms with Crippen molar-refractivity contribution in [2.24, 2.45) is 5.73 Å². The maximum absolute atomic E-state index is 5.98. The van der Waals surface area contributed by atoms with Gasteiger partial charge < -0.3 is 5.73 Å². The molecule has 2 N–H and O–H groups in total. The van der Waals surface area contributed by atoms with E-state index in [0.29, 0.717) is 6.54 Å². The quantitative estimate of drug-likeness (QED) is 0.828. The first-order chi connectivity index (χ1) is 6.81. The average Bonchev–Trinajstić information content (AvgIpc) is 2.71. The highest BCUT2D eigenvalue weighted by atomic mass is 35.5. The third-order valence-electron chi connectivity index (χ3n) is 2.07. The van der Waals surface area contributed by atoms with E-state index in [4.69, 9.17) is 17.3 Å². The second-order valence-corrected chi connectivity index (χ2v) is 4.34. The van der Waals surface area contributed by atoms with Gasteiger partial charge in [0.05, 0.1) is 0 Å². The zero-order valence-electron chi connectivity index (χ0n) is 7.53. The molecule has 0 saturated heterocycles. The van der Waals surface area contributed by atoms with Crippen molar-refractivity contribution >= 4 is 22.9 Å². The number of hydrogen-bond donors (Lipinski definition) is 1. The van der Waals surface area contributed by atoms with E-state index in [2.05, 4.69) is 11.4 Å². The summed E-state index contributed by atoms with van der Waals surface area (Å²) >= 11 is 7.70. The lowest BCUT2D eigenvalue weighted by Gasteiger charge is -2.03. The van der Waals surface area contributed by atoms with Gasteiger partial charge in [0.15, 0.2) is 0 Å². The van der Waals surface area contributed by atoms with Gasteiger partial charge in [-0.2, -0.15) is 0 Å². The van der Waals surface area contributed by atoms with Crippen molar-refractivity contribution in [3.05, 3.63) is 46.3 Å². The van der Waals surface area contributed by atoms with Crippen LogP contribution in [0.15, 0.2) is 35.7 Å². The van der Waals surface area contributed by atoms with Crippen molar-refractivity contribution in [3.63, 3.8) is 0 Å². The molecule has 0 bridgehead atoms. The van der Waals surface area contributed by atoms with Gasteiger partial charge in [-0.25, -0.2) is 0 Å². The van der Waals surface area contributed by atoms with Crippen molar-refractivity contribution in [1.29, 1.82) is 0 Å². The summed E-state index contributed by atoms with van der Waals surface area (Å²) in [4.78, 5) is 1.25. The highest BCUT2D eigenvalue weighted by Crippen LogP contribution is 2.28. The highest BCUT2D eigenvalue weighted by Gasteiger charge is 2.02. The molecule has 0 unspecified atom stereocenters. The second-order valence-electron chi connectivity index (χ2n) is 2.99. The maximum atomic E-state index is 5.98. The molecule has 2 aromatic rings. The number of halogens is 1. The molecular weight excluding hydrogens is 214 g/mol. The van der Waals surface area contributed by atoms with Crippen molar-refractivity contribution in [3.8, 4) is 10.4 Å². The van der Waals surface area contributed by atoms with Crippen molar-refractivity contribution < 1.29 is 0 Å². The van der Waals surface area contributed by atoms with Crippen LogP contribution in [0.4, 0.5) is 0 Å². The fourth-order valence-electron chi connectivity index (χ4n) is 1.33. The molecule has 1 nitrogen and oxygen atoms in total. The van der Waals surface area contributed by atoms with E-state index in [1.807, 2.05) is 24.3 Å². The molecule has 0 aliphatic rings. The number of nitrogens with two attached hydrogens (primary N) is 1. The molecule has 0 fully saturated rings. The fourth-order valence-corrected chi connectivity index (χ4v) is 2.25. The smallest absolute Gasteiger partial charge is 0.0451 e. The molecule has 1 heterocycles. The number of thiophene rings is 1. The van der Waals surface area contributed by atoms with Crippen LogP contribution in [0.25, 0.3) is 10.4 Å². The minimum absolute atomic E-state index is 0.484. The Labute approximate surface area is 92.1 Å². The summed E-state index contributed by atoms with van der Waals surface area (Å²) < 4.78 is 0. The van der Waals surface area contributed by atoms with E-state index < -0.39 is 0 Å². The summed E-state index contributed by atoms with van der Waals surface area (Å²) in [5.41, 5.74) is 7.77. The van der Waals surface area contributed by atoms with Gasteiger partial charge in [0.2, 0.25) is 0 Å². The summed E-state index contributed by atoms with van der Waals surface area (Å²) in [6.07, 6.45) is 0. The Bertz CT molecular complexity index is 423. The predicted molar refractivity (Wildman–Crippen MR) is 62.7 cm³/mol. The lowest BCUT2D eigenvalue weighted by atomic mass is 10.1. The van der Waals surface area contributed by atoms with Crippen LogP contribution < -0.4 is 5.73 Å². The molecule has 72 valence electrons. The molecule has 1 aromatic carbocycles. The molecule has 14 heavy (non-hydrogen) atoms. The molecule has 2 rings (SSSR count). The first-order valence-corrected chi connectivity index (χ1v) is 5.59. The molecule has 0 radical (unpaired) electrons. The Balaban J connectivity index is 2.46. The molecule has 3 heteroatoms. The van der Waals surface area contributed by atoms with Crippen molar-refractivity contribution in [2.75, 3.05) is 0 Å². The zero-order chi connectivity index (χ0) is 9.97. The topological polar surface area (TPSA) is 26.0 Å². The molecule has 0 aliphatic carbocycles. The van der Waals surface area contributed by atoms with Gasteiger partial charge in [0.1, 0.15) is 0 Å². The molecule has 0 spiro atoms. The van der Waals surface area contributed by atoms with Gasteiger partial charge in [-0.1, -0.05) is 23.7 Å². The van der Waals surface area contributed by atoms with E-state index in [1.54, 1.807) is 11.3 Å². The first kappa shape index (κ1) is 9.71. The lowest BCUT2D eigenvalue weighted by Crippen LogP contribution is -1.96. The SMILES string of the molecule is NCc1cc(-c2cccs2)ccc1Cl. The van der Waals surface area contributed by atoms with Crippen molar-refractivity contribution in [2.45, 2.75) is 6.54 Å². The van der Waals surface area contributed by atoms with Crippen LogP contribution in [-0.4, -0.2) is 0 Å². The van der Waals surface area contributed by atoms with Crippen LogP contribution >= 0.6 is 22.9 Å². The molecular formula is C11H10ClNS. The minimum Gasteiger partial charge on any atom is -0.326 e. The maximum Gasteiger partial charge on any atom is 0.0451 e. The van der Waals surface area contributed by atoms with Gasteiger partial charge in [-0.05, 0) is 34.7 Å². The largest absolute Gasteiger partial charge is 0.326 e. The standard InChI is InChI=1S/C11H10ClNS/c12-10-4-3-8(6-9(10)7-13)11-2-1-5-14-11/h1-6H,7,13H2. The minimum atomic E-state index is 0.484. The van der Waals surface area contributed by atoms with Crippen LogP contribution in [-0.2, 0) is 6.54 Å². The van der Waals surface area contributed by atoms with Gasteiger partial charge in [0.25, 0.3) is 0 Å². The third kappa shape index (κ3) is 1.82. The van der Waals surface area contributed by atoms with E-state index in [-0.39, 0.29) is 0 Å². The Kier molecular flexibility index (Phi) is 2.87. The monoisotopic (exact) mass is 223 g/mol. The van der Waals surface area contributed by atoms with E-state index in [9.17, 15) is 0 Å². The Hall–Kier alpha value is -0.830. The number of benzene rings is 1. The average molecular weight is 224 g/mol. The summed E-state index contributed by atoms with van der Waals surface area (Å²) in [6.45, 7) is 0.484. The fraction of sp³-hybridized carbons (Fsp3) is 0.0909. The third-order valence-corrected chi connectivity index (χ3v) is 3.36. The van der Waals surface area contributed by atoms with Gasteiger partial charge in [-0.15, -0.1) is 11.3 Å². The van der Waals surface area contributed by atoms with Gasteiger partial charge in [-0.3, -0.25) is 0 Å². The molecule has 0 saturated carbocycles. The summed E-state index contributed by atoms with van der Waals surface area (Å²) in [5.74, 6) is 0. The highest BCUT2D eigenvalue weighted by molar-refractivity contribution is 7.13. The summed E-state index contributed by atoms with van der Waals surface area (Å²) in [7, 11) is 0. The van der Waals surface area contributed by atoms with Crippen LogP contribution in [0.2, 0.25) is 5.02 Å². The molecule has 0 atom stereocenters. The normalized spacial score (nSPS) is 10.4. The van der Waals surface area contributed by atoms with E-state index in [0.717, 1.165) is 10.6 Å². The molecule has 0 aliphatic heterocycles. The van der Waals surface area contributed by atoms with Crippen molar-refractivity contribution in [1.82, 2.24) is 0 Å². The zero-order valence-corrected chi connectivity index (χ0v) is 9.11. The Morgan fingerprint density at radius 3 is 2.79 bits per heavy atom. The number of rotatable bonds is 2. The lowest BCUT2D eigenvalue weighted by molar-refractivity contribution is 1.07. The second kappa shape index (κ2) is 4.13. The van der Waals surface area contributed by atoms with E-state index in [1.165, 1.54) is 10.4 Å². The molecule has 1 aromatic heterocycles. The van der Waals surface area contributed by atoms with Crippen LogP contribution in [0, 0.1) is 0 Å². The van der Waals surface area contributed by atoms with Gasteiger partial charge in [0, 0.05) is 16.4 Å². The van der Waals surface area contributed by atoms with Crippen LogP contribution in [0.5, 0.6) is 0 Å². The summed E-state index contributed by atoms with van der Waals surface area (Å²) in [5, 5.41) is 2.80. The predicted octanol–water partition coefficient (Wildman–Crippen LogP) is 3.53. The number of hydrogen-bond acceptors (Lipinski definition) is 2. The van der Waals surface area contributed by atoms with Crippen LogP contribution in [0.1, 0.15) is 5.56 Å². The Morgan fingerprint density at radius 2 is 2.14 bits per heavy atom. The van der Waals surface area contributed by atoms with Gasteiger partial charge >= 0.3 is 0 Å². The Morgan fingerprint density at radius 1 is 1.29 bits per heavy atom. The first-order valence-electron chi connectivity index (χ1n) is 4.33. The molecule has 0 amide bonds. The van der Waals surface area contributed by atoms with E-state index >= 15 is 0 Å². The van der Waals surface area contributed by atoms with Crippen LogP contribution in [0.3, 0.4) is 0 Å².